The van der Waals surface area contributed by atoms with Gasteiger partial charge in [0.2, 0.25) is 5.91 Å². The first-order valence-corrected chi connectivity index (χ1v) is 8.00. The van der Waals surface area contributed by atoms with Crippen LogP contribution < -0.4 is 19.9 Å². The standard InChI is InChI=1S/C17H17N5O5/c1-20(2)15-6-3-11(8-18-15)19-16(23)9-21-13-7-12(22(25)26)4-5-14(13)27-10-17(21)24/h3-8H,9-10H2,1-2H3,(H,19,23). The number of rotatable bonds is 5. The Morgan fingerprint density at radius 3 is 2.78 bits per heavy atom. The monoisotopic (exact) mass is 371 g/mol. The number of hydrogen-bond acceptors (Lipinski definition) is 7. The summed E-state index contributed by atoms with van der Waals surface area (Å²) >= 11 is 0. The smallest absolute Gasteiger partial charge is 0.271 e. The van der Waals surface area contributed by atoms with Gasteiger partial charge in [-0.25, -0.2) is 4.98 Å². The zero-order chi connectivity index (χ0) is 19.6. The Labute approximate surface area is 154 Å². The molecule has 1 aliphatic heterocycles. The Balaban J connectivity index is 1.76. The lowest BCUT2D eigenvalue weighted by molar-refractivity contribution is -0.384. The number of aromatic nitrogens is 1. The van der Waals surface area contributed by atoms with E-state index >= 15 is 0 Å². The number of non-ortho nitro benzene ring substituents is 1. The van der Waals surface area contributed by atoms with Gasteiger partial charge in [0.25, 0.3) is 11.6 Å². The summed E-state index contributed by atoms with van der Waals surface area (Å²) in [6.45, 7) is -0.539. The van der Waals surface area contributed by atoms with E-state index in [0.717, 1.165) is 5.82 Å². The number of benzene rings is 1. The number of nitro groups is 1. The van der Waals surface area contributed by atoms with Gasteiger partial charge in [0.15, 0.2) is 6.61 Å². The van der Waals surface area contributed by atoms with Crippen molar-refractivity contribution in [2.45, 2.75) is 0 Å². The number of carbonyl (C=O) groups is 2. The summed E-state index contributed by atoms with van der Waals surface area (Å²) < 4.78 is 5.28. The Bertz CT molecular complexity index is 897. The fourth-order valence-corrected chi connectivity index (χ4v) is 2.55. The van der Waals surface area contributed by atoms with Crippen molar-refractivity contribution >= 4 is 34.7 Å². The number of nitrogens with zero attached hydrogens (tertiary/aromatic N) is 4. The number of fused-ring (bicyclic) bond motifs is 1. The van der Waals surface area contributed by atoms with Gasteiger partial charge in [0.05, 0.1) is 22.5 Å². The van der Waals surface area contributed by atoms with E-state index in [-0.39, 0.29) is 24.5 Å². The maximum Gasteiger partial charge on any atom is 0.271 e. The van der Waals surface area contributed by atoms with E-state index in [4.69, 9.17) is 4.74 Å². The maximum atomic E-state index is 12.4. The molecule has 0 fully saturated rings. The molecule has 2 heterocycles. The van der Waals surface area contributed by atoms with Crippen molar-refractivity contribution in [3.63, 3.8) is 0 Å². The molecule has 3 rings (SSSR count). The molecule has 0 bridgehead atoms. The molecule has 1 aromatic heterocycles. The van der Waals surface area contributed by atoms with Crippen molar-refractivity contribution in [3.8, 4) is 5.75 Å². The summed E-state index contributed by atoms with van der Waals surface area (Å²) in [5, 5.41) is 13.6. The van der Waals surface area contributed by atoms with Gasteiger partial charge in [-0.1, -0.05) is 0 Å². The molecular weight excluding hydrogens is 354 g/mol. The Hall–Kier alpha value is -3.69. The van der Waals surface area contributed by atoms with Crippen molar-refractivity contribution in [2.24, 2.45) is 0 Å². The number of carbonyl (C=O) groups excluding carboxylic acids is 2. The van der Waals surface area contributed by atoms with E-state index in [1.54, 1.807) is 12.1 Å². The number of nitrogens with one attached hydrogen (secondary N) is 1. The van der Waals surface area contributed by atoms with Crippen LogP contribution in [0.25, 0.3) is 0 Å². The van der Waals surface area contributed by atoms with Crippen molar-refractivity contribution in [2.75, 3.05) is 42.4 Å². The summed E-state index contributed by atoms with van der Waals surface area (Å²) in [6.07, 6.45) is 1.51. The number of pyridine rings is 1. The molecule has 0 spiro atoms. The molecule has 0 radical (unpaired) electrons. The second-order valence-corrected chi connectivity index (χ2v) is 6.03. The van der Waals surface area contributed by atoms with Crippen LogP contribution in [0.2, 0.25) is 0 Å². The minimum Gasteiger partial charge on any atom is -0.482 e. The van der Waals surface area contributed by atoms with Crippen molar-refractivity contribution in [3.05, 3.63) is 46.6 Å². The molecule has 0 saturated heterocycles. The number of nitro benzene ring substituents is 1. The van der Waals surface area contributed by atoms with Crippen molar-refractivity contribution < 1.29 is 19.2 Å². The van der Waals surface area contributed by atoms with Gasteiger partial charge in [0.1, 0.15) is 18.1 Å². The highest BCUT2D eigenvalue weighted by atomic mass is 16.6. The predicted octanol–water partition coefficient (Wildman–Crippen LogP) is 1.42. The zero-order valence-corrected chi connectivity index (χ0v) is 14.7. The van der Waals surface area contributed by atoms with Crippen LogP contribution in [0.3, 0.4) is 0 Å². The van der Waals surface area contributed by atoms with Crippen LogP contribution in [-0.2, 0) is 9.59 Å². The van der Waals surface area contributed by atoms with Crippen LogP contribution in [0, 0.1) is 10.1 Å². The van der Waals surface area contributed by atoms with Gasteiger partial charge >= 0.3 is 0 Å². The third-order valence-electron chi connectivity index (χ3n) is 3.89. The first-order valence-electron chi connectivity index (χ1n) is 8.00. The Morgan fingerprint density at radius 1 is 1.37 bits per heavy atom. The topological polar surface area (TPSA) is 118 Å². The van der Waals surface area contributed by atoms with E-state index in [1.807, 2.05) is 19.0 Å². The number of ether oxygens (including phenoxy) is 1. The highest BCUT2D eigenvalue weighted by Crippen LogP contribution is 2.35. The van der Waals surface area contributed by atoms with E-state index in [1.165, 1.54) is 29.3 Å². The summed E-state index contributed by atoms with van der Waals surface area (Å²) in [4.78, 5) is 42.1. The first-order chi connectivity index (χ1) is 12.8. The Morgan fingerprint density at radius 2 is 2.15 bits per heavy atom. The first kappa shape index (κ1) is 18.1. The molecule has 1 N–H and O–H groups in total. The zero-order valence-electron chi connectivity index (χ0n) is 14.7. The molecule has 27 heavy (non-hydrogen) atoms. The highest BCUT2D eigenvalue weighted by molar-refractivity contribution is 6.05. The number of hydrogen-bond donors (Lipinski definition) is 1. The molecule has 140 valence electrons. The second-order valence-electron chi connectivity index (χ2n) is 6.03. The quantitative estimate of drug-likeness (QED) is 0.624. The van der Waals surface area contributed by atoms with Crippen molar-refractivity contribution in [1.82, 2.24) is 4.98 Å². The molecule has 10 heteroatoms. The SMILES string of the molecule is CN(C)c1ccc(NC(=O)CN2C(=O)COc3ccc([N+](=O)[O-])cc32)cn1. The minimum atomic E-state index is -0.574. The molecule has 1 aliphatic rings. The third kappa shape index (κ3) is 3.94. The summed E-state index contributed by atoms with van der Waals surface area (Å²) in [5.41, 5.74) is 0.475. The number of anilines is 3. The lowest BCUT2D eigenvalue weighted by Crippen LogP contribution is -2.43. The van der Waals surface area contributed by atoms with E-state index in [9.17, 15) is 19.7 Å². The van der Waals surface area contributed by atoms with Crippen LogP contribution in [0.15, 0.2) is 36.5 Å². The minimum absolute atomic E-state index is 0.191. The van der Waals surface area contributed by atoms with Gasteiger partial charge in [-0.05, 0) is 18.2 Å². The highest BCUT2D eigenvalue weighted by Gasteiger charge is 2.29. The fourth-order valence-electron chi connectivity index (χ4n) is 2.55. The summed E-state index contributed by atoms with van der Waals surface area (Å²) in [5.74, 6) is 0.129. The molecule has 2 amide bonds. The van der Waals surface area contributed by atoms with Gasteiger partial charge in [-0.3, -0.25) is 24.6 Å². The third-order valence-corrected chi connectivity index (χ3v) is 3.89. The molecule has 0 aliphatic carbocycles. The Kier molecular flexibility index (Phi) is 4.88. The molecule has 0 atom stereocenters. The van der Waals surface area contributed by atoms with Gasteiger partial charge in [-0.15, -0.1) is 0 Å². The average Bonchev–Trinajstić information content (AvgIpc) is 2.64. The van der Waals surface area contributed by atoms with Gasteiger partial charge in [0, 0.05) is 26.2 Å². The fraction of sp³-hybridized carbons (Fsp3) is 0.235. The van der Waals surface area contributed by atoms with Crippen molar-refractivity contribution in [1.29, 1.82) is 0 Å². The molecule has 10 nitrogen and oxygen atoms in total. The van der Waals surface area contributed by atoms with Gasteiger partial charge < -0.3 is 15.0 Å². The normalized spacial score (nSPS) is 12.8. The van der Waals surface area contributed by atoms with Crippen LogP contribution in [-0.4, -0.2) is 49.0 Å². The average molecular weight is 371 g/mol. The molecular formula is C17H17N5O5. The number of amides is 2. The molecule has 0 unspecified atom stereocenters. The summed E-state index contributed by atoms with van der Waals surface area (Å²) in [6, 6.07) is 7.35. The van der Waals surface area contributed by atoms with Crippen LogP contribution in [0.5, 0.6) is 5.75 Å². The van der Waals surface area contributed by atoms with E-state index in [0.29, 0.717) is 11.4 Å². The molecule has 2 aromatic rings. The largest absolute Gasteiger partial charge is 0.482 e. The van der Waals surface area contributed by atoms with Crippen LogP contribution in [0.1, 0.15) is 0 Å². The molecule has 1 aromatic carbocycles. The predicted molar refractivity (Wildman–Crippen MR) is 98.1 cm³/mol. The maximum absolute atomic E-state index is 12.4. The lowest BCUT2D eigenvalue weighted by Gasteiger charge is -2.28. The second kappa shape index (κ2) is 7.28. The van der Waals surface area contributed by atoms with Crippen LogP contribution in [0.4, 0.5) is 22.9 Å². The lowest BCUT2D eigenvalue weighted by atomic mass is 10.2. The van der Waals surface area contributed by atoms with E-state index in [2.05, 4.69) is 10.3 Å². The van der Waals surface area contributed by atoms with E-state index < -0.39 is 16.7 Å². The molecule has 0 saturated carbocycles. The summed E-state index contributed by atoms with van der Waals surface area (Å²) in [7, 11) is 3.70. The van der Waals surface area contributed by atoms with Crippen LogP contribution >= 0.6 is 0 Å². The van der Waals surface area contributed by atoms with Gasteiger partial charge in [-0.2, -0.15) is 0 Å².